The van der Waals surface area contributed by atoms with Crippen LogP contribution >= 0.6 is 0 Å². The number of nitrogens with one attached hydrogen (secondary N) is 1. The first-order chi connectivity index (χ1) is 7.63. The molecule has 0 saturated carbocycles. The number of fused-ring (bicyclic) bond motifs is 1. The van der Waals surface area contributed by atoms with Crippen LogP contribution in [0.2, 0.25) is 0 Å². The van der Waals surface area contributed by atoms with E-state index in [0.717, 1.165) is 0 Å². The maximum absolute atomic E-state index is 13.9. The van der Waals surface area contributed by atoms with E-state index in [1.54, 1.807) is 7.05 Å². The fourth-order valence-corrected chi connectivity index (χ4v) is 1.68. The van der Waals surface area contributed by atoms with Crippen molar-refractivity contribution in [2.24, 2.45) is 0 Å². The van der Waals surface area contributed by atoms with Crippen LogP contribution in [0.25, 0.3) is 11.0 Å². The van der Waals surface area contributed by atoms with Crippen molar-refractivity contribution in [3.05, 3.63) is 35.6 Å². The Morgan fingerprint density at radius 2 is 2.19 bits per heavy atom. The summed E-state index contributed by atoms with van der Waals surface area (Å²) < 4.78 is 32.5. The zero-order valence-electron chi connectivity index (χ0n) is 9.18. The third kappa shape index (κ3) is 1.80. The number of hydrogen-bond acceptors (Lipinski definition) is 2. The molecular weight excluding hydrogens is 212 g/mol. The second-order valence-electron chi connectivity index (χ2n) is 3.88. The monoisotopic (exact) mass is 225 g/mol. The molecular formula is C12H13F2NO. The first-order valence-corrected chi connectivity index (χ1v) is 5.14. The van der Waals surface area contributed by atoms with Gasteiger partial charge in [0.15, 0.2) is 0 Å². The Labute approximate surface area is 92.2 Å². The topological polar surface area (TPSA) is 25.2 Å². The number of rotatable bonds is 3. The highest BCUT2D eigenvalue weighted by molar-refractivity contribution is 5.78. The Balaban J connectivity index is 2.50. The molecule has 1 atom stereocenters. The molecule has 1 heterocycles. The van der Waals surface area contributed by atoms with Crippen LogP contribution in [-0.4, -0.2) is 13.1 Å². The molecule has 4 heteroatoms. The zero-order chi connectivity index (χ0) is 11.7. The Bertz CT molecular complexity index is 507. The van der Waals surface area contributed by atoms with E-state index in [9.17, 15) is 8.78 Å². The van der Waals surface area contributed by atoms with E-state index in [2.05, 4.69) is 5.32 Å². The SMILES string of the molecule is CN[C@@H](C)Cc1c(F)cc2occc2c1F. The Morgan fingerprint density at radius 1 is 1.44 bits per heavy atom. The first kappa shape index (κ1) is 11.1. The van der Waals surface area contributed by atoms with Gasteiger partial charge in [-0.3, -0.25) is 0 Å². The smallest absolute Gasteiger partial charge is 0.140 e. The fraction of sp³-hybridized carbons (Fsp3) is 0.333. The van der Waals surface area contributed by atoms with E-state index in [4.69, 9.17) is 4.42 Å². The maximum atomic E-state index is 13.9. The van der Waals surface area contributed by atoms with Gasteiger partial charge in [0.05, 0.1) is 11.6 Å². The minimum absolute atomic E-state index is 0.0216. The third-order valence-electron chi connectivity index (χ3n) is 2.75. The minimum atomic E-state index is -0.554. The van der Waals surface area contributed by atoms with Crippen molar-refractivity contribution in [2.75, 3.05) is 7.05 Å². The molecule has 16 heavy (non-hydrogen) atoms. The van der Waals surface area contributed by atoms with Crippen molar-refractivity contribution >= 4 is 11.0 Å². The Hall–Kier alpha value is -1.42. The summed E-state index contributed by atoms with van der Waals surface area (Å²) in [6.07, 6.45) is 1.67. The summed E-state index contributed by atoms with van der Waals surface area (Å²) in [6.45, 7) is 1.87. The van der Waals surface area contributed by atoms with E-state index in [-0.39, 0.29) is 17.2 Å². The lowest BCUT2D eigenvalue weighted by atomic mass is 10.0. The van der Waals surface area contributed by atoms with Crippen LogP contribution in [0.3, 0.4) is 0 Å². The molecule has 2 nitrogen and oxygen atoms in total. The molecule has 2 rings (SSSR count). The summed E-state index contributed by atoms with van der Waals surface area (Å²) in [5.74, 6) is -1.08. The second kappa shape index (κ2) is 4.22. The van der Waals surface area contributed by atoms with Crippen LogP contribution in [0.5, 0.6) is 0 Å². The summed E-state index contributed by atoms with van der Waals surface area (Å²) in [6, 6.07) is 2.77. The minimum Gasteiger partial charge on any atom is -0.464 e. The standard InChI is InChI=1S/C12H13F2NO/c1-7(15-2)5-9-10(13)6-11-8(12(9)14)3-4-16-11/h3-4,6-7,15H,5H2,1-2H3/t7-/m0/s1. The van der Waals surface area contributed by atoms with Crippen LogP contribution in [0.1, 0.15) is 12.5 Å². The molecule has 0 unspecified atom stereocenters. The molecule has 0 aliphatic heterocycles. The lowest BCUT2D eigenvalue weighted by Crippen LogP contribution is -2.24. The van der Waals surface area contributed by atoms with E-state index < -0.39 is 11.6 Å². The van der Waals surface area contributed by atoms with Gasteiger partial charge in [-0.05, 0) is 26.5 Å². The largest absolute Gasteiger partial charge is 0.464 e. The van der Waals surface area contributed by atoms with Gasteiger partial charge in [0, 0.05) is 17.7 Å². The second-order valence-corrected chi connectivity index (χ2v) is 3.88. The maximum Gasteiger partial charge on any atom is 0.140 e. The van der Waals surface area contributed by atoms with Crippen molar-refractivity contribution in [3.63, 3.8) is 0 Å². The summed E-state index contributed by atoms with van der Waals surface area (Å²) >= 11 is 0. The van der Waals surface area contributed by atoms with Crippen LogP contribution in [0.4, 0.5) is 8.78 Å². The van der Waals surface area contributed by atoms with Gasteiger partial charge in [0.2, 0.25) is 0 Å². The number of hydrogen-bond donors (Lipinski definition) is 1. The van der Waals surface area contributed by atoms with Gasteiger partial charge >= 0.3 is 0 Å². The van der Waals surface area contributed by atoms with E-state index in [1.807, 2.05) is 6.92 Å². The van der Waals surface area contributed by atoms with Crippen LogP contribution in [0.15, 0.2) is 22.8 Å². The normalized spacial score (nSPS) is 13.2. The molecule has 1 aromatic heterocycles. The average Bonchev–Trinajstić information content (AvgIpc) is 2.71. The molecule has 2 aromatic rings. The molecule has 0 saturated heterocycles. The highest BCUT2D eigenvalue weighted by Crippen LogP contribution is 2.25. The lowest BCUT2D eigenvalue weighted by Gasteiger charge is -2.11. The molecule has 1 N–H and O–H groups in total. The van der Waals surface area contributed by atoms with Gasteiger partial charge in [0.1, 0.15) is 17.2 Å². The van der Waals surface area contributed by atoms with Crippen LogP contribution < -0.4 is 5.32 Å². The molecule has 0 amide bonds. The van der Waals surface area contributed by atoms with Gasteiger partial charge in [-0.25, -0.2) is 8.78 Å². The molecule has 0 aliphatic carbocycles. The molecule has 0 fully saturated rings. The average molecular weight is 225 g/mol. The summed E-state index contributed by atoms with van der Waals surface area (Å²) in [7, 11) is 1.76. The lowest BCUT2D eigenvalue weighted by molar-refractivity contribution is 0.524. The molecule has 0 aliphatic rings. The van der Waals surface area contributed by atoms with Crippen molar-refractivity contribution in [1.82, 2.24) is 5.32 Å². The number of halogens is 2. The van der Waals surface area contributed by atoms with Crippen LogP contribution in [-0.2, 0) is 6.42 Å². The fourth-order valence-electron chi connectivity index (χ4n) is 1.68. The molecule has 86 valence electrons. The van der Waals surface area contributed by atoms with Gasteiger partial charge in [-0.15, -0.1) is 0 Å². The van der Waals surface area contributed by atoms with Gasteiger partial charge in [-0.2, -0.15) is 0 Å². The van der Waals surface area contributed by atoms with Crippen LogP contribution in [0, 0.1) is 11.6 Å². The first-order valence-electron chi connectivity index (χ1n) is 5.14. The summed E-state index contributed by atoms with van der Waals surface area (Å²) in [4.78, 5) is 0. The zero-order valence-corrected chi connectivity index (χ0v) is 9.18. The number of furan rings is 1. The number of benzene rings is 1. The number of likely N-dealkylation sites (N-methyl/N-ethyl adjacent to an activating group) is 1. The van der Waals surface area contributed by atoms with Crippen molar-refractivity contribution < 1.29 is 13.2 Å². The summed E-state index contributed by atoms with van der Waals surface area (Å²) in [5.41, 5.74) is 0.353. The quantitative estimate of drug-likeness (QED) is 0.868. The van der Waals surface area contributed by atoms with Crippen molar-refractivity contribution in [2.45, 2.75) is 19.4 Å². The Kier molecular flexibility index (Phi) is 2.92. The van der Waals surface area contributed by atoms with Crippen molar-refractivity contribution in [3.8, 4) is 0 Å². The van der Waals surface area contributed by atoms with E-state index in [1.165, 1.54) is 18.4 Å². The molecule has 0 spiro atoms. The van der Waals surface area contributed by atoms with Crippen molar-refractivity contribution in [1.29, 1.82) is 0 Å². The highest BCUT2D eigenvalue weighted by atomic mass is 19.1. The molecule has 1 aromatic carbocycles. The van der Waals surface area contributed by atoms with E-state index >= 15 is 0 Å². The predicted octanol–water partition coefficient (Wildman–Crippen LogP) is 2.86. The predicted molar refractivity (Wildman–Crippen MR) is 58.4 cm³/mol. The summed E-state index contributed by atoms with van der Waals surface area (Å²) in [5, 5.41) is 3.29. The molecule has 0 bridgehead atoms. The van der Waals surface area contributed by atoms with E-state index in [0.29, 0.717) is 11.8 Å². The molecule has 0 radical (unpaired) electrons. The Morgan fingerprint density at radius 3 is 2.88 bits per heavy atom. The highest BCUT2D eigenvalue weighted by Gasteiger charge is 2.16. The third-order valence-corrected chi connectivity index (χ3v) is 2.75. The van der Waals surface area contributed by atoms with Gasteiger partial charge < -0.3 is 9.73 Å². The van der Waals surface area contributed by atoms with Gasteiger partial charge in [-0.1, -0.05) is 0 Å². The van der Waals surface area contributed by atoms with Gasteiger partial charge in [0.25, 0.3) is 0 Å².